The van der Waals surface area contributed by atoms with Crippen LogP contribution in [0.15, 0.2) is 12.2 Å². The maximum Gasteiger partial charge on any atom is 0.334 e. The van der Waals surface area contributed by atoms with E-state index in [1.54, 1.807) is 0 Å². The van der Waals surface area contributed by atoms with E-state index in [2.05, 4.69) is 20.4 Å². The molecule has 2 aliphatic carbocycles. The molecule has 2 nitrogen and oxygen atoms in total. The molecule has 94 valence electrons. The molecular weight excluding hydrogens is 212 g/mol. The van der Waals surface area contributed by atoms with Gasteiger partial charge in [-0.2, -0.15) is 0 Å². The van der Waals surface area contributed by atoms with Crippen molar-refractivity contribution in [2.24, 2.45) is 23.2 Å². The first-order chi connectivity index (χ1) is 8.01. The molecule has 2 heteroatoms. The van der Waals surface area contributed by atoms with Crippen molar-refractivity contribution in [1.82, 2.24) is 0 Å². The van der Waals surface area contributed by atoms with Crippen molar-refractivity contribution in [2.75, 3.05) is 0 Å². The van der Waals surface area contributed by atoms with Gasteiger partial charge in [0.25, 0.3) is 0 Å². The third-order valence-corrected chi connectivity index (χ3v) is 5.58. The van der Waals surface area contributed by atoms with Gasteiger partial charge in [-0.1, -0.05) is 33.3 Å². The number of hydrogen-bond acceptors (Lipinski definition) is 2. The zero-order valence-electron chi connectivity index (χ0n) is 10.9. The minimum atomic E-state index is -0.144. The lowest BCUT2D eigenvalue weighted by Gasteiger charge is -2.51. The van der Waals surface area contributed by atoms with E-state index in [4.69, 9.17) is 4.74 Å². The van der Waals surface area contributed by atoms with Crippen molar-refractivity contribution < 1.29 is 9.53 Å². The van der Waals surface area contributed by atoms with Gasteiger partial charge >= 0.3 is 5.97 Å². The van der Waals surface area contributed by atoms with Gasteiger partial charge in [-0.25, -0.2) is 4.79 Å². The van der Waals surface area contributed by atoms with Crippen LogP contribution in [0.3, 0.4) is 0 Å². The number of rotatable bonds is 0. The van der Waals surface area contributed by atoms with Gasteiger partial charge in [0.2, 0.25) is 0 Å². The summed E-state index contributed by atoms with van der Waals surface area (Å²) in [6, 6.07) is 0. The van der Waals surface area contributed by atoms with Gasteiger partial charge in [0.05, 0.1) is 0 Å². The minimum absolute atomic E-state index is 0.126. The van der Waals surface area contributed by atoms with Crippen LogP contribution in [0.2, 0.25) is 0 Å². The smallest absolute Gasteiger partial charge is 0.334 e. The van der Waals surface area contributed by atoms with Crippen LogP contribution >= 0.6 is 0 Å². The molecular formula is C15H22O2. The molecule has 1 aliphatic heterocycles. The Morgan fingerprint density at radius 3 is 3.00 bits per heavy atom. The summed E-state index contributed by atoms with van der Waals surface area (Å²) >= 11 is 0. The molecule has 0 N–H and O–H groups in total. The molecule has 3 aliphatic rings. The van der Waals surface area contributed by atoms with Gasteiger partial charge < -0.3 is 4.74 Å². The van der Waals surface area contributed by atoms with Crippen molar-refractivity contribution in [3.8, 4) is 0 Å². The van der Waals surface area contributed by atoms with E-state index >= 15 is 0 Å². The third-order valence-electron chi connectivity index (χ3n) is 5.58. The Labute approximate surface area is 103 Å². The van der Waals surface area contributed by atoms with E-state index in [1.165, 1.54) is 19.3 Å². The maximum absolute atomic E-state index is 11.6. The highest BCUT2D eigenvalue weighted by Crippen LogP contribution is 2.56. The molecule has 17 heavy (non-hydrogen) atoms. The summed E-state index contributed by atoms with van der Waals surface area (Å²) in [5.41, 5.74) is 1.12. The first-order valence-electron chi connectivity index (χ1n) is 6.91. The molecule has 3 fully saturated rings. The fourth-order valence-electron chi connectivity index (χ4n) is 4.55. The fraction of sp³-hybridized carbons (Fsp3) is 0.800. The number of ether oxygens (including phenoxy) is 1. The summed E-state index contributed by atoms with van der Waals surface area (Å²) in [5, 5.41) is 0. The molecule has 0 spiro atoms. The number of hydrogen-bond donors (Lipinski definition) is 0. The predicted molar refractivity (Wildman–Crippen MR) is 66.4 cm³/mol. The number of carbonyl (C=O) groups excluding carboxylic acids is 1. The Kier molecular flexibility index (Phi) is 2.39. The zero-order valence-corrected chi connectivity index (χ0v) is 10.9. The molecule has 0 aromatic carbocycles. The van der Waals surface area contributed by atoms with Gasteiger partial charge in [0, 0.05) is 11.5 Å². The Bertz CT molecular complexity index is 373. The highest BCUT2D eigenvalue weighted by atomic mass is 16.6. The maximum atomic E-state index is 11.6. The van der Waals surface area contributed by atoms with E-state index in [0.717, 1.165) is 30.3 Å². The van der Waals surface area contributed by atoms with Gasteiger partial charge in [-0.15, -0.1) is 0 Å². The van der Waals surface area contributed by atoms with Crippen LogP contribution in [0, 0.1) is 23.2 Å². The van der Waals surface area contributed by atoms with Crippen LogP contribution in [0.1, 0.15) is 46.0 Å². The Morgan fingerprint density at radius 2 is 2.24 bits per heavy atom. The molecule has 1 saturated heterocycles. The van der Waals surface area contributed by atoms with E-state index in [0.29, 0.717) is 11.3 Å². The van der Waals surface area contributed by atoms with Crippen LogP contribution in [0.25, 0.3) is 0 Å². The second-order valence-electron chi connectivity index (χ2n) is 6.65. The van der Waals surface area contributed by atoms with E-state index in [9.17, 15) is 4.79 Å². The summed E-state index contributed by atoms with van der Waals surface area (Å²) < 4.78 is 5.49. The Hall–Kier alpha value is -0.790. The van der Waals surface area contributed by atoms with E-state index < -0.39 is 0 Å². The van der Waals surface area contributed by atoms with Crippen molar-refractivity contribution in [3.63, 3.8) is 0 Å². The summed E-state index contributed by atoms with van der Waals surface area (Å²) in [6.45, 7) is 8.71. The van der Waals surface area contributed by atoms with Crippen LogP contribution in [-0.4, -0.2) is 12.1 Å². The molecule has 0 aromatic heterocycles. The molecule has 3 rings (SSSR count). The zero-order chi connectivity index (χ0) is 12.2. The molecule has 0 amide bonds. The quantitative estimate of drug-likeness (QED) is 0.475. The lowest BCUT2D eigenvalue weighted by molar-refractivity contribution is -0.143. The van der Waals surface area contributed by atoms with Crippen LogP contribution < -0.4 is 0 Å². The van der Waals surface area contributed by atoms with E-state index in [1.807, 2.05) is 0 Å². The SMILES string of the molecule is C=C1C(=O)O[C@@H]2C[C@@]3(C)CCC[C@H](C)[C@H]3C[C@H]12. The molecule has 0 aromatic rings. The highest BCUT2D eigenvalue weighted by molar-refractivity contribution is 5.90. The second-order valence-corrected chi connectivity index (χ2v) is 6.65. The topological polar surface area (TPSA) is 26.3 Å². The molecule has 2 saturated carbocycles. The standard InChI is InChI=1S/C15H22O2/c1-9-5-4-6-15(3)8-13-11(7-12(9)15)10(2)14(16)17-13/h9,11-13H,2,4-8H2,1,3H3/t9-,11+,12+,13+,15+/m0/s1. The van der Waals surface area contributed by atoms with Gasteiger partial charge in [-0.3, -0.25) is 0 Å². The lowest BCUT2D eigenvalue weighted by Crippen LogP contribution is -2.45. The average molecular weight is 234 g/mol. The van der Waals surface area contributed by atoms with Crippen molar-refractivity contribution in [1.29, 1.82) is 0 Å². The Morgan fingerprint density at radius 1 is 1.47 bits per heavy atom. The first-order valence-corrected chi connectivity index (χ1v) is 6.91. The largest absolute Gasteiger partial charge is 0.458 e. The molecule has 0 radical (unpaired) electrons. The molecule has 0 bridgehead atoms. The summed E-state index contributed by atoms with van der Waals surface area (Å²) in [4.78, 5) is 11.6. The fourth-order valence-corrected chi connectivity index (χ4v) is 4.55. The number of carbonyl (C=O) groups is 1. The van der Waals surface area contributed by atoms with Gasteiger partial charge in [0.15, 0.2) is 0 Å². The van der Waals surface area contributed by atoms with E-state index in [-0.39, 0.29) is 12.1 Å². The van der Waals surface area contributed by atoms with Crippen LogP contribution in [-0.2, 0) is 9.53 Å². The molecule has 0 unspecified atom stereocenters. The monoisotopic (exact) mass is 234 g/mol. The molecule has 5 atom stereocenters. The van der Waals surface area contributed by atoms with Crippen molar-refractivity contribution in [3.05, 3.63) is 12.2 Å². The number of fused-ring (bicyclic) bond motifs is 2. The summed E-state index contributed by atoms with van der Waals surface area (Å²) in [7, 11) is 0. The van der Waals surface area contributed by atoms with Crippen LogP contribution in [0.4, 0.5) is 0 Å². The minimum Gasteiger partial charge on any atom is -0.458 e. The highest BCUT2D eigenvalue weighted by Gasteiger charge is 2.53. The molecule has 1 heterocycles. The van der Waals surface area contributed by atoms with Gasteiger partial charge in [0.1, 0.15) is 6.10 Å². The van der Waals surface area contributed by atoms with Crippen molar-refractivity contribution >= 4 is 5.97 Å². The lowest BCUT2D eigenvalue weighted by atomic mass is 9.54. The van der Waals surface area contributed by atoms with Crippen LogP contribution in [0.5, 0.6) is 0 Å². The van der Waals surface area contributed by atoms with Crippen molar-refractivity contribution in [2.45, 2.75) is 52.1 Å². The predicted octanol–water partition coefficient (Wildman–Crippen LogP) is 3.32. The summed E-state index contributed by atoms with van der Waals surface area (Å²) in [5.74, 6) is 1.71. The Balaban J connectivity index is 1.88. The van der Waals surface area contributed by atoms with Gasteiger partial charge in [-0.05, 0) is 36.5 Å². The second kappa shape index (κ2) is 3.60. The average Bonchev–Trinajstić information content (AvgIpc) is 2.52. The number of esters is 1. The first kappa shape index (κ1) is 11.3. The third kappa shape index (κ3) is 1.56. The normalized spacial score (nSPS) is 49.5. The summed E-state index contributed by atoms with van der Waals surface area (Å²) in [6.07, 6.45) is 6.28.